The van der Waals surface area contributed by atoms with Crippen LogP contribution in [0.4, 0.5) is 0 Å². The zero-order valence-corrected chi connectivity index (χ0v) is 28.2. The molecule has 3 aromatic rings. The van der Waals surface area contributed by atoms with E-state index in [2.05, 4.69) is 26.3 Å². The minimum Gasteiger partial charge on any atom is -0.379 e. The Kier molecular flexibility index (Phi) is 10.5. The van der Waals surface area contributed by atoms with Gasteiger partial charge < -0.3 is 9.64 Å². The summed E-state index contributed by atoms with van der Waals surface area (Å²) in [6.45, 7) is 8.98. The van der Waals surface area contributed by atoms with Crippen molar-refractivity contribution >= 4 is 33.2 Å². The number of piperidine rings is 1. The lowest BCUT2D eigenvalue weighted by atomic mass is 10.0. The van der Waals surface area contributed by atoms with E-state index in [0.29, 0.717) is 30.1 Å². The highest BCUT2D eigenvalue weighted by Gasteiger charge is 2.30. The lowest BCUT2D eigenvalue weighted by Gasteiger charge is -2.27. The van der Waals surface area contributed by atoms with Gasteiger partial charge in [-0.25, -0.2) is 8.42 Å². The predicted octanol–water partition coefficient (Wildman–Crippen LogP) is 5.28. The molecular weight excluding hydrogens is 629 g/mol. The first-order valence-corrected chi connectivity index (χ1v) is 18.5. The summed E-state index contributed by atoms with van der Waals surface area (Å²) >= 11 is 13.2. The van der Waals surface area contributed by atoms with Gasteiger partial charge in [-0.3, -0.25) is 9.58 Å². The zero-order valence-electron chi connectivity index (χ0n) is 25.9. The second-order valence-electron chi connectivity index (χ2n) is 12.2. The largest absolute Gasteiger partial charge is 0.379 e. The van der Waals surface area contributed by atoms with Gasteiger partial charge in [-0.1, -0.05) is 47.5 Å². The normalized spacial score (nSPS) is 18.4. The topological polar surface area (TPSA) is 70.9 Å². The molecule has 0 unspecified atom stereocenters. The Bertz CT molecular complexity index is 1690. The van der Waals surface area contributed by atoms with Crippen molar-refractivity contribution in [2.24, 2.45) is 0 Å². The molecule has 6 rings (SSSR count). The summed E-state index contributed by atoms with van der Waals surface area (Å²) in [5.74, 6) is 6.56. The molecule has 1 aromatic heterocycles. The van der Waals surface area contributed by atoms with E-state index in [-0.39, 0.29) is 0 Å². The van der Waals surface area contributed by atoms with E-state index in [1.54, 1.807) is 4.31 Å². The monoisotopic (exact) mass is 669 g/mol. The highest BCUT2D eigenvalue weighted by atomic mass is 35.5. The second kappa shape index (κ2) is 14.6. The average molecular weight is 671 g/mol. The van der Waals surface area contributed by atoms with Crippen LogP contribution in [0.1, 0.15) is 53.6 Å². The number of aryl methyl sites for hydroxylation is 1. The number of rotatable bonds is 8. The highest BCUT2D eigenvalue weighted by Crippen LogP contribution is 2.33. The third kappa shape index (κ3) is 8.12. The van der Waals surface area contributed by atoms with E-state index >= 15 is 0 Å². The van der Waals surface area contributed by atoms with Crippen LogP contribution in [0.25, 0.3) is 11.3 Å². The summed E-state index contributed by atoms with van der Waals surface area (Å²) in [7, 11) is -3.33. The van der Waals surface area contributed by atoms with Gasteiger partial charge in [0, 0.05) is 78.7 Å². The molecule has 0 N–H and O–H groups in total. The molecule has 0 aliphatic carbocycles. The quantitative estimate of drug-likeness (QED) is 0.304. The molecule has 2 fully saturated rings. The minimum atomic E-state index is -3.33. The summed E-state index contributed by atoms with van der Waals surface area (Å²) in [5.41, 5.74) is 6.38. The van der Waals surface area contributed by atoms with Crippen molar-refractivity contribution in [3.05, 3.63) is 74.4 Å². The fourth-order valence-electron chi connectivity index (χ4n) is 6.47. The van der Waals surface area contributed by atoms with Crippen LogP contribution < -0.4 is 0 Å². The Morgan fingerprint density at radius 2 is 1.67 bits per heavy atom. The Balaban J connectivity index is 1.26. The maximum atomic E-state index is 12.5. The molecule has 2 aromatic carbocycles. The molecule has 0 spiro atoms. The molecule has 4 heterocycles. The molecule has 45 heavy (non-hydrogen) atoms. The molecular formula is C34H41Cl2N5O3S. The van der Waals surface area contributed by atoms with Gasteiger partial charge in [-0.05, 0) is 74.8 Å². The molecule has 0 atom stereocenters. The number of fused-ring (bicyclic) bond motifs is 1. The van der Waals surface area contributed by atoms with Crippen molar-refractivity contribution in [2.75, 3.05) is 58.7 Å². The first-order chi connectivity index (χ1) is 21.7. The fraction of sp³-hybridized carbons (Fsp3) is 0.500. The molecule has 11 heteroatoms. The van der Waals surface area contributed by atoms with Gasteiger partial charge >= 0.3 is 0 Å². The van der Waals surface area contributed by atoms with Crippen LogP contribution in [-0.2, 0) is 40.8 Å². The van der Waals surface area contributed by atoms with Crippen molar-refractivity contribution in [3.8, 4) is 23.1 Å². The molecule has 3 aliphatic rings. The summed E-state index contributed by atoms with van der Waals surface area (Å²) < 4.78 is 34.2. The van der Waals surface area contributed by atoms with Crippen molar-refractivity contribution in [3.63, 3.8) is 0 Å². The first-order valence-electron chi connectivity index (χ1n) is 15.9. The number of sulfonamides is 1. The number of nitrogens with zero attached hydrogens (tertiary/aromatic N) is 5. The SMILES string of the molecule is CS(=O)(=O)N1CCc2c(c(-c3ccc(Cl)c(C#Cc4ccc(Cl)c(CN5CCOCC5)c4)c3)nn2CCCN2CCCCC2)C1. The van der Waals surface area contributed by atoms with E-state index < -0.39 is 10.0 Å². The van der Waals surface area contributed by atoms with Crippen LogP contribution in [0.2, 0.25) is 10.0 Å². The Morgan fingerprint density at radius 3 is 2.44 bits per heavy atom. The van der Waals surface area contributed by atoms with Crippen molar-refractivity contribution in [2.45, 2.75) is 51.7 Å². The van der Waals surface area contributed by atoms with Gasteiger partial charge in [0.05, 0.1) is 30.2 Å². The summed E-state index contributed by atoms with van der Waals surface area (Å²) in [5, 5.41) is 6.37. The van der Waals surface area contributed by atoms with Crippen LogP contribution in [0.3, 0.4) is 0 Å². The third-order valence-corrected chi connectivity index (χ3v) is 10.9. The van der Waals surface area contributed by atoms with Crippen LogP contribution in [0.5, 0.6) is 0 Å². The first kappa shape index (κ1) is 32.5. The predicted molar refractivity (Wildman–Crippen MR) is 180 cm³/mol. The van der Waals surface area contributed by atoms with Crippen LogP contribution in [0, 0.1) is 11.8 Å². The molecule has 240 valence electrons. The number of halogens is 2. The number of aromatic nitrogens is 2. The summed E-state index contributed by atoms with van der Waals surface area (Å²) in [4.78, 5) is 4.88. The van der Waals surface area contributed by atoms with E-state index in [4.69, 9.17) is 33.0 Å². The van der Waals surface area contributed by atoms with Crippen molar-refractivity contribution in [1.29, 1.82) is 0 Å². The van der Waals surface area contributed by atoms with Gasteiger partial charge in [0.2, 0.25) is 10.0 Å². The lowest BCUT2D eigenvalue weighted by molar-refractivity contribution is 0.0342. The van der Waals surface area contributed by atoms with Gasteiger partial charge in [0.15, 0.2) is 0 Å². The number of benzene rings is 2. The minimum absolute atomic E-state index is 0.315. The van der Waals surface area contributed by atoms with Gasteiger partial charge in [-0.15, -0.1) is 0 Å². The molecule has 0 radical (unpaired) electrons. The van der Waals surface area contributed by atoms with Crippen LogP contribution in [-0.4, -0.2) is 91.0 Å². The third-order valence-electron chi connectivity index (χ3n) is 8.99. The van der Waals surface area contributed by atoms with Gasteiger partial charge in [0.1, 0.15) is 0 Å². The maximum absolute atomic E-state index is 12.5. The number of hydrogen-bond donors (Lipinski definition) is 0. The van der Waals surface area contributed by atoms with Gasteiger partial charge in [-0.2, -0.15) is 9.40 Å². The van der Waals surface area contributed by atoms with E-state index in [1.807, 2.05) is 36.4 Å². The molecule has 2 saturated heterocycles. The maximum Gasteiger partial charge on any atom is 0.211 e. The number of likely N-dealkylation sites (tertiary alicyclic amines) is 1. The van der Waals surface area contributed by atoms with E-state index in [0.717, 1.165) is 91.0 Å². The summed E-state index contributed by atoms with van der Waals surface area (Å²) in [6, 6.07) is 11.7. The fourth-order valence-corrected chi connectivity index (χ4v) is 7.60. The standard InChI is InChI=1S/C34H41Cl2N5O3S/c1-45(42,43)40-17-12-33-30(25-40)34(37-41(33)16-5-15-38-13-3-2-4-14-38)28-9-11-31(35)27(23-28)8-6-26-7-10-32(36)29(22-26)24-39-18-20-44-21-19-39/h7,9-11,22-23H,2-5,12-21,24-25H2,1H3. The van der Waals surface area contributed by atoms with Crippen LogP contribution in [0.15, 0.2) is 36.4 Å². The molecule has 0 amide bonds. The lowest BCUT2D eigenvalue weighted by Crippen LogP contribution is -2.35. The second-order valence-corrected chi connectivity index (χ2v) is 15.0. The van der Waals surface area contributed by atoms with Crippen molar-refractivity contribution < 1.29 is 13.2 Å². The molecule has 8 nitrogen and oxygen atoms in total. The number of morpholine rings is 1. The summed E-state index contributed by atoms with van der Waals surface area (Å²) in [6.07, 6.45) is 6.81. The number of ether oxygens (including phenoxy) is 1. The highest BCUT2D eigenvalue weighted by molar-refractivity contribution is 7.88. The smallest absolute Gasteiger partial charge is 0.211 e. The molecule has 0 saturated carbocycles. The van der Waals surface area contributed by atoms with Crippen LogP contribution >= 0.6 is 23.2 Å². The Labute approximate surface area is 277 Å². The average Bonchev–Trinajstić information content (AvgIpc) is 3.40. The Morgan fingerprint density at radius 1 is 0.889 bits per heavy atom. The molecule has 3 aliphatic heterocycles. The number of hydrogen-bond acceptors (Lipinski definition) is 6. The van der Waals surface area contributed by atoms with Gasteiger partial charge in [0.25, 0.3) is 0 Å². The van der Waals surface area contributed by atoms with Crippen molar-refractivity contribution in [1.82, 2.24) is 23.9 Å². The Hall–Kier alpha value is -2.42. The van der Waals surface area contributed by atoms with E-state index in [1.165, 1.54) is 38.6 Å². The van der Waals surface area contributed by atoms with E-state index in [9.17, 15) is 8.42 Å². The zero-order chi connectivity index (χ0) is 31.4. The molecule has 0 bridgehead atoms.